The van der Waals surface area contributed by atoms with Crippen LogP contribution in [0.2, 0.25) is 10.0 Å². The van der Waals surface area contributed by atoms with Crippen molar-refractivity contribution in [2.45, 2.75) is 18.6 Å². The number of aromatic nitrogens is 1. The Morgan fingerprint density at radius 3 is 2.56 bits per heavy atom. The van der Waals surface area contributed by atoms with Crippen molar-refractivity contribution in [3.05, 3.63) is 69.3 Å². The molecule has 27 heavy (non-hydrogen) atoms. The Labute approximate surface area is 166 Å². The van der Waals surface area contributed by atoms with Crippen LogP contribution in [0.4, 0.5) is 0 Å². The van der Waals surface area contributed by atoms with Crippen LogP contribution in [0, 0.1) is 0 Å². The molecule has 1 aromatic heterocycles. The maximum absolute atomic E-state index is 13.1. The molecule has 2 aromatic carbocycles. The lowest BCUT2D eigenvalue weighted by Gasteiger charge is -2.34. The van der Waals surface area contributed by atoms with E-state index in [9.17, 15) is 15.0 Å². The molecule has 0 fully saturated rings. The summed E-state index contributed by atoms with van der Waals surface area (Å²) in [6, 6.07) is 11.9. The Morgan fingerprint density at radius 1 is 1.15 bits per heavy atom. The molecule has 7 heteroatoms. The van der Waals surface area contributed by atoms with Gasteiger partial charge in [0.05, 0.1) is 13.2 Å². The van der Waals surface area contributed by atoms with Gasteiger partial charge in [-0.15, -0.1) is 0 Å². The summed E-state index contributed by atoms with van der Waals surface area (Å²) in [6.45, 7) is 0.0662. The highest BCUT2D eigenvalue weighted by Crippen LogP contribution is 2.32. The van der Waals surface area contributed by atoms with E-state index < -0.39 is 18.1 Å². The van der Waals surface area contributed by atoms with E-state index in [4.69, 9.17) is 23.2 Å². The van der Waals surface area contributed by atoms with Crippen LogP contribution in [0.25, 0.3) is 10.9 Å². The van der Waals surface area contributed by atoms with Gasteiger partial charge in [-0.1, -0.05) is 35.3 Å². The van der Waals surface area contributed by atoms with E-state index in [0.29, 0.717) is 35.1 Å². The number of aliphatic hydroxyl groups is 2. The van der Waals surface area contributed by atoms with Gasteiger partial charge in [0.2, 0.25) is 0 Å². The Morgan fingerprint density at radius 2 is 1.85 bits per heavy atom. The molecule has 1 unspecified atom stereocenters. The third-order valence-electron chi connectivity index (χ3n) is 5.13. The number of amides is 1. The molecular formula is C20H18Cl2N2O3. The smallest absolute Gasteiger partial charge is 0.262 e. The van der Waals surface area contributed by atoms with Gasteiger partial charge >= 0.3 is 0 Å². The van der Waals surface area contributed by atoms with E-state index >= 15 is 0 Å². The highest BCUT2D eigenvalue weighted by atomic mass is 35.5. The molecule has 0 spiro atoms. The number of nitrogens with one attached hydrogen (secondary N) is 1. The summed E-state index contributed by atoms with van der Waals surface area (Å²) in [5.41, 5.74) is 1.33. The van der Waals surface area contributed by atoms with Crippen LogP contribution in [-0.2, 0) is 23.4 Å². The lowest BCUT2D eigenvalue weighted by molar-refractivity contribution is -0.158. The minimum atomic E-state index is -2.00. The van der Waals surface area contributed by atoms with Gasteiger partial charge in [-0.05, 0) is 47.9 Å². The second-order valence-corrected chi connectivity index (χ2v) is 7.65. The predicted octanol–water partition coefficient (Wildman–Crippen LogP) is 3.24. The average molecular weight is 405 g/mol. The standard InChI is InChI=1S/C20H18Cl2N2O3/c21-13-3-1-12(2-4-13)20(27,11-25)19(26)24-8-7-15-16-9-14(22)5-6-17(16)23-18(15)10-24/h1-6,9,23,25,27H,7-8,10-11H2. The molecule has 4 rings (SSSR count). The number of benzene rings is 2. The fourth-order valence-corrected chi connectivity index (χ4v) is 3.95. The third kappa shape index (κ3) is 3.11. The highest BCUT2D eigenvalue weighted by Gasteiger charge is 2.41. The minimum absolute atomic E-state index is 0.314. The van der Waals surface area contributed by atoms with Crippen LogP contribution in [0.15, 0.2) is 42.5 Å². The number of hydrogen-bond acceptors (Lipinski definition) is 3. The van der Waals surface area contributed by atoms with Gasteiger partial charge in [-0.3, -0.25) is 4.79 Å². The molecule has 0 aliphatic carbocycles. The first-order valence-electron chi connectivity index (χ1n) is 8.60. The van der Waals surface area contributed by atoms with Gasteiger partial charge in [0.15, 0.2) is 5.60 Å². The molecule has 2 heterocycles. The van der Waals surface area contributed by atoms with Gasteiger partial charge < -0.3 is 20.1 Å². The summed E-state index contributed by atoms with van der Waals surface area (Å²) < 4.78 is 0. The summed E-state index contributed by atoms with van der Waals surface area (Å²) >= 11 is 12.0. The number of halogens is 2. The number of aromatic amines is 1. The van der Waals surface area contributed by atoms with Gasteiger partial charge in [0, 0.05) is 33.2 Å². The first-order valence-corrected chi connectivity index (χ1v) is 9.35. The normalized spacial score (nSPS) is 16.2. The zero-order valence-corrected chi connectivity index (χ0v) is 15.9. The van der Waals surface area contributed by atoms with Crippen molar-refractivity contribution in [1.82, 2.24) is 9.88 Å². The van der Waals surface area contributed by atoms with E-state index in [1.165, 1.54) is 0 Å². The number of rotatable bonds is 3. The molecule has 1 atom stereocenters. The molecule has 1 amide bonds. The minimum Gasteiger partial charge on any atom is -0.392 e. The van der Waals surface area contributed by atoms with Gasteiger partial charge in [0.1, 0.15) is 0 Å². The third-order valence-corrected chi connectivity index (χ3v) is 5.62. The molecule has 0 radical (unpaired) electrons. The largest absolute Gasteiger partial charge is 0.392 e. The van der Waals surface area contributed by atoms with Crippen molar-refractivity contribution in [1.29, 1.82) is 0 Å². The second-order valence-electron chi connectivity index (χ2n) is 6.77. The van der Waals surface area contributed by atoms with E-state index in [0.717, 1.165) is 22.2 Å². The molecule has 3 aromatic rings. The van der Waals surface area contributed by atoms with Gasteiger partial charge in [-0.2, -0.15) is 0 Å². The van der Waals surface area contributed by atoms with Gasteiger partial charge in [0.25, 0.3) is 5.91 Å². The van der Waals surface area contributed by atoms with Crippen molar-refractivity contribution in [2.75, 3.05) is 13.2 Å². The van der Waals surface area contributed by atoms with E-state index in [1.807, 2.05) is 18.2 Å². The maximum atomic E-state index is 13.1. The van der Waals surface area contributed by atoms with Crippen molar-refractivity contribution in [2.24, 2.45) is 0 Å². The number of nitrogens with zero attached hydrogens (tertiary/aromatic N) is 1. The number of hydrogen-bond donors (Lipinski definition) is 3. The Bertz CT molecular complexity index is 1020. The number of H-pyrrole nitrogens is 1. The number of aliphatic hydroxyl groups excluding tert-OH is 1. The molecular weight excluding hydrogens is 387 g/mol. The fourth-order valence-electron chi connectivity index (χ4n) is 3.66. The Kier molecular flexibility index (Phi) is 4.64. The topological polar surface area (TPSA) is 76.6 Å². The highest BCUT2D eigenvalue weighted by molar-refractivity contribution is 6.31. The summed E-state index contributed by atoms with van der Waals surface area (Å²) in [5.74, 6) is -0.533. The zero-order valence-electron chi connectivity index (χ0n) is 14.4. The van der Waals surface area contributed by atoms with Crippen LogP contribution in [0.5, 0.6) is 0 Å². The second kappa shape index (κ2) is 6.84. The van der Waals surface area contributed by atoms with Gasteiger partial charge in [-0.25, -0.2) is 0 Å². The Balaban J connectivity index is 1.65. The molecule has 3 N–H and O–H groups in total. The molecule has 1 aliphatic heterocycles. The molecule has 0 saturated heterocycles. The quantitative estimate of drug-likeness (QED) is 0.626. The predicted molar refractivity (Wildman–Crippen MR) is 105 cm³/mol. The number of fused-ring (bicyclic) bond motifs is 3. The van der Waals surface area contributed by atoms with Crippen LogP contribution < -0.4 is 0 Å². The molecule has 0 bridgehead atoms. The van der Waals surface area contributed by atoms with E-state index in [-0.39, 0.29) is 0 Å². The zero-order chi connectivity index (χ0) is 19.2. The van der Waals surface area contributed by atoms with Crippen LogP contribution in [-0.4, -0.2) is 39.2 Å². The van der Waals surface area contributed by atoms with Crippen LogP contribution >= 0.6 is 23.2 Å². The average Bonchev–Trinajstić information content (AvgIpc) is 3.04. The van der Waals surface area contributed by atoms with Crippen molar-refractivity contribution < 1.29 is 15.0 Å². The molecule has 5 nitrogen and oxygen atoms in total. The van der Waals surface area contributed by atoms with Crippen molar-refractivity contribution in [3.8, 4) is 0 Å². The first-order chi connectivity index (χ1) is 12.9. The van der Waals surface area contributed by atoms with Crippen molar-refractivity contribution in [3.63, 3.8) is 0 Å². The number of carbonyl (C=O) groups excluding carboxylic acids is 1. The fraction of sp³-hybridized carbons (Fsp3) is 0.250. The van der Waals surface area contributed by atoms with E-state index in [2.05, 4.69) is 4.98 Å². The monoisotopic (exact) mass is 404 g/mol. The van der Waals surface area contributed by atoms with E-state index in [1.54, 1.807) is 29.2 Å². The summed E-state index contributed by atoms with van der Waals surface area (Å²) in [4.78, 5) is 18.0. The Hall–Kier alpha value is -2.05. The lowest BCUT2D eigenvalue weighted by Crippen LogP contribution is -2.50. The van der Waals surface area contributed by atoms with Crippen molar-refractivity contribution >= 4 is 40.0 Å². The molecule has 0 saturated carbocycles. The summed E-state index contributed by atoms with van der Waals surface area (Å²) in [6.07, 6.45) is 0.642. The SMILES string of the molecule is O=C(N1CCc2c([nH]c3ccc(Cl)cc23)C1)C(O)(CO)c1ccc(Cl)cc1. The summed E-state index contributed by atoms with van der Waals surface area (Å²) in [7, 11) is 0. The van der Waals surface area contributed by atoms with Crippen LogP contribution in [0.3, 0.4) is 0 Å². The van der Waals surface area contributed by atoms with Crippen LogP contribution in [0.1, 0.15) is 16.8 Å². The lowest BCUT2D eigenvalue weighted by atomic mass is 9.92. The number of carbonyl (C=O) groups is 1. The first kappa shape index (κ1) is 18.3. The summed E-state index contributed by atoms with van der Waals surface area (Å²) in [5, 5.41) is 22.9. The molecule has 1 aliphatic rings. The molecule has 140 valence electrons. The maximum Gasteiger partial charge on any atom is 0.262 e.